The van der Waals surface area contributed by atoms with Crippen LogP contribution < -0.4 is 0 Å². The summed E-state index contributed by atoms with van der Waals surface area (Å²) in [7, 11) is 0. The van der Waals surface area contributed by atoms with Gasteiger partial charge in [-0.25, -0.2) is 0 Å². The van der Waals surface area contributed by atoms with E-state index in [1.807, 2.05) is 0 Å². The summed E-state index contributed by atoms with van der Waals surface area (Å²) in [6.45, 7) is 4.86. The highest BCUT2D eigenvalue weighted by molar-refractivity contribution is 5.01. The van der Waals surface area contributed by atoms with Crippen LogP contribution in [0.2, 0.25) is 0 Å². The number of hydrogen-bond donors (Lipinski definition) is 0. The lowest BCUT2D eigenvalue weighted by Gasteiger charge is -1.72. The van der Waals surface area contributed by atoms with E-state index in [2.05, 4.69) is 18.0 Å². The fourth-order valence-electron chi connectivity index (χ4n) is 0.170. The van der Waals surface area contributed by atoms with Crippen molar-refractivity contribution in [2.75, 3.05) is 0 Å². The molecule has 0 saturated heterocycles. The zero-order valence-electron chi connectivity index (χ0n) is 2.56. The minimum Gasteiger partial charge on any atom is -0.346 e. The van der Waals surface area contributed by atoms with E-state index in [0.717, 1.165) is 0 Å². The van der Waals surface area contributed by atoms with E-state index < -0.39 is 0 Å². The summed E-state index contributed by atoms with van der Waals surface area (Å²) < 4.78 is 4.33. The molecule has 1 aliphatic heterocycles. The Bertz CT molecular complexity index is 41.6. The Morgan fingerprint density at radius 1 is 1.20 bits per heavy atom. The van der Waals surface area contributed by atoms with Gasteiger partial charge in [0.1, 0.15) is 0 Å². The van der Waals surface area contributed by atoms with Crippen molar-refractivity contribution in [1.82, 2.24) is 0 Å². The van der Waals surface area contributed by atoms with Crippen LogP contribution in [-0.4, -0.2) is 0 Å². The maximum Gasteiger partial charge on any atom is 0.159 e. The van der Waals surface area contributed by atoms with Gasteiger partial charge in [0.2, 0.25) is 0 Å². The first kappa shape index (κ1) is 2.91. The number of rotatable bonds is 0. The second-order valence-electron chi connectivity index (χ2n) is 0.671. The molecular formula is C4H2O. The lowest BCUT2D eigenvalue weighted by molar-refractivity contribution is 0.332. The van der Waals surface area contributed by atoms with Crippen LogP contribution in [0.1, 0.15) is 0 Å². The Labute approximate surface area is 31.3 Å². The second kappa shape index (κ2) is 1.22. The first-order chi connectivity index (χ1) is 2.50. The molecule has 0 atom stereocenters. The van der Waals surface area contributed by atoms with E-state index in [4.69, 9.17) is 0 Å². The molecule has 0 fully saturated rings. The van der Waals surface area contributed by atoms with Gasteiger partial charge in [-0.05, 0) is 12.2 Å². The first-order valence-corrected chi connectivity index (χ1v) is 1.32. The molecule has 0 spiro atoms. The van der Waals surface area contributed by atoms with Gasteiger partial charge in [0.25, 0.3) is 0 Å². The van der Waals surface area contributed by atoms with Gasteiger partial charge in [-0.1, -0.05) is 0 Å². The summed E-state index contributed by atoms with van der Waals surface area (Å²) in [5.41, 5.74) is 0. The second-order valence-corrected chi connectivity index (χ2v) is 0.671. The average molecular weight is 66.1 g/mol. The van der Waals surface area contributed by atoms with Gasteiger partial charge in [-0.3, -0.25) is 0 Å². The predicted octanol–water partition coefficient (Wildman–Crippen LogP) is 0.650. The molecule has 1 rings (SSSR count). The van der Waals surface area contributed by atoms with Crippen molar-refractivity contribution >= 4 is 0 Å². The monoisotopic (exact) mass is 66.0 g/mol. The molecule has 0 aliphatic carbocycles. The standard InChI is InChI=1S/C4H2O/c1-2-4-5-3-1/h1-2H. The molecule has 0 saturated carbocycles. The van der Waals surface area contributed by atoms with E-state index in [-0.39, 0.29) is 0 Å². The Kier molecular flexibility index (Phi) is 0.711. The zero-order valence-corrected chi connectivity index (χ0v) is 2.56. The molecule has 0 aromatic heterocycles. The fraction of sp³-hybridized carbons (Fsp3) is 0. The van der Waals surface area contributed by atoms with E-state index in [9.17, 15) is 0 Å². The van der Waals surface area contributed by atoms with Crippen LogP contribution in [0.15, 0.2) is 12.2 Å². The molecule has 0 unspecified atom stereocenters. The van der Waals surface area contributed by atoms with Crippen LogP contribution in [0.3, 0.4) is 0 Å². The molecule has 0 amide bonds. The lowest BCUT2D eigenvalue weighted by Crippen LogP contribution is -1.61. The third-order valence-corrected chi connectivity index (χ3v) is 0.337. The largest absolute Gasteiger partial charge is 0.346 e. The molecule has 0 aromatic rings. The van der Waals surface area contributed by atoms with Crippen molar-refractivity contribution in [2.24, 2.45) is 0 Å². The van der Waals surface area contributed by atoms with E-state index in [1.165, 1.54) is 0 Å². The van der Waals surface area contributed by atoms with Crippen LogP contribution >= 0.6 is 0 Å². The maximum absolute atomic E-state index is 4.33. The van der Waals surface area contributed by atoms with Crippen LogP contribution in [0.4, 0.5) is 0 Å². The summed E-state index contributed by atoms with van der Waals surface area (Å²) in [5, 5.41) is 0. The summed E-state index contributed by atoms with van der Waals surface area (Å²) in [5.74, 6) is 0. The average Bonchev–Trinajstić information content (AvgIpc) is 1.76. The quantitative estimate of drug-likeness (QED) is 0.403. The van der Waals surface area contributed by atoms with Gasteiger partial charge in [0, 0.05) is 0 Å². The lowest BCUT2D eigenvalue weighted by atomic mass is 10.6. The molecular weight excluding hydrogens is 64.0 g/mol. The number of ether oxygens (including phenoxy) is 1. The van der Waals surface area contributed by atoms with Crippen molar-refractivity contribution in [1.29, 1.82) is 0 Å². The third-order valence-electron chi connectivity index (χ3n) is 0.337. The Balaban J connectivity index is 2.32. The Morgan fingerprint density at radius 3 is 2.00 bits per heavy atom. The molecule has 0 bridgehead atoms. The molecule has 0 aromatic carbocycles. The Morgan fingerprint density at radius 2 is 1.80 bits per heavy atom. The first-order valence-electron chi connectivity index (χ1n) is 1.32. The highest BCUT2D eigenvalue weighted by Gasteiger charge is 1.88. The molecule has 4 radical (unpaired) electrons. The number of hydrogen-bond acceptors (Lipinski definition) is 1. The molecule has 5 heavy (non-hydrogen) atoms. The van der Waals surface area contributed by atoms with Crippen molar-refractivity contribution in [3.63, 3.8) is 0 Å². The summed E-state index contributed by atoms with van der Waals surface area (Å²) in [6.07, 6.45) is 3.31. The minimum absolute atomic E-state index is 1.65. The highest BCUT2D eigenvalue weighted by atomic mass is 16.5. The molecule has 1 heteroatoms. The maximum atomic E-state index is 4.33. The van der Waals surface area contributed by atoms with Crippen LogP contribution in [0, 0.1) is 13.2 Å². The third kappa shape index (κ3) is 0.484. The Hall–Kier alpha value is -0.300. The van der Waals surface area contributed by atoms with Crippen LogP contribution in [0.25, 0.3) is 0 Å². The summed E-state index contributed by atoms with van der Waals surface area (Å²) in [6, 6.07) is 0. The SMILES string of the molecule is [C]1C=C[C]O1. The minimum atomic E-state index is 1.65. The fourth-order valence-corrected chi connectivity index (χ4v) is 0.170. The van der Waals surface area contributed by atoms with Gasteiger partial charge in [0.05, 0.1) is 0 Å². The van der Waals surface area contributed by atoms with Gasteiger partial charge < -0.3 is 4.74 Å². The topological polar surface area (TPSA) is 9.23 Å². The van der Waals surface area contributed by atoms with Crippen molar-refractivity contribution in [3.05, 3.63) is 25.4 Å². The molecule has 1 heterocycles. The summed E-state index contributed by atoms with van der Waals surface area (Å²) >= 11 is 0. The predicted molar refractivity (Wildman–Crippen MR) is 16.7 cm³/mol. The van der Waals surface area contributed by atoms with Gasteiger partial charge in [-0.15, -0.1) is 0 Å². The summed E-state index contributed by atoms with van der Waals surface area (Å²) in [4.78, 5) is 0. The molecule has 0 N–H and O–H groups in total. The smallest absolute Gasteiger partial charge is 0.159 e. The normalized spacial score (nSPS) is 20.8. The van der Waals surface area contributed by atoms with Gasteiger partial charge in [-0.2, -0.15) is 0 Å². The zero-order chi connectivity index (χ0) is 3.54. The van der Waals surface area contributed by atoms with E-state index in [0.29, 0.717) is 0 Å². The van der Waals surface area contributed by atoms with E-state index in [1.54, 1.807) is 12.2 Å². The van der Waals surface area contributed by atoms with Crippen molar-refractivity contribution < 1.29 is 4.74 Å². The van der Waals surface area contributed by atoms with E-state index >= 15 is 0 Å². The van der Waals surface area contributed by atoms with Crippen LogP contribution in [-0.2, 0) is 4.74 Å². The van der Waals surface area contributed by atoms with Crippen LogP contribution in [0.5, 0.6) is 0 Å². The van der Waals surface area contributed by atoms with Gasteiger partial charge in [0.15, 0.2) is 13.2 Å². The van der Waals surface area contributed by atoms with Crippen molar-refractivity contribution in [2.45, 2.75) is 0 Å². The van der Waals surface area contributed by atoms with Gasteiger partial charge >= 0.3 is 0 Å². The molecule has 1 nitrogen and oxygen atoms in total. The molecule has 24 valence electrons. The van der Waals surface area contributed by atoms with Crippen molar-refractivity contribution in [3.8, 4) is 0 Å². The highest BCUT2D eigenvalue weighted by Crippen LogP contribution is 1.97. The molecule has 1 aliphatic rings.